The van der Waals surface area contributed by atoms with Crippen LogP contribution in [0.2, 0.25) is 0 Å². The lowest BCUT2D eigenvalue weighted by atomic mass is 9.99. The number of hydrogen-bond donors (Lipinski definition) is 0. The third-order valence-electron chi connectivity index (χ3n) is 2.77. The fourth-order valence-electron chi connectivity index (χ4n) is 1.21. The average Bonchev–Trinajstić information content (AvgIpc) is 2.49. The van der Waals surface area contributed by atoms with Crippen LogP contribution in [0.1, 0.15) is 13.8 Å². The molecule has 0 aromatic carbocycles. The van der Waals surface area contributed by atoms with E-state index in [1.165, 1.54) is 13.8 Å². The SMILES string of the molecule is CC(C)C(=O)OCCOC(=O)C(F)(F)C(F)(F)C(F)(F)C(F)(F)C(F)F. The number of esters is 2. The smallest absolute Gasteiger partial charge is 0.410 e. The Bertz CT molecular complexity index is 518. The molecule has 0 amide bonds. The molecule has 0 aliphatic carbocycles. The molecule has 0 heterocycles. The maximum Gasteiger partial charge on any atom is 0.410 e. The van der Waals surface area contributed by atoms with Crippen molar-refractivity contribution in [2.45, 2.75) is 44.0 Å². The van der Waals surface area contributed by atoms with Crippen molar-refractivity contribution >= 4 is 11.9 Å². The number of rotatable bonds is 9. The molecule has 154 valence electrons. The van der Waals surface area contributed by atoms with Gasteiger partial charge in [0.2, 0.25) is 0 Å². The standard InChI is InChI=1S/C12H12F10O4/c1-5(2)6(23)25-3-4-26-8(24)10(17,18)12(21,22)11(19,20)9(15,16)7(13)14/h5,7H,3-4H2,1-2H3. The predicted octanol–water partition coefficient (Wildman–Crippen LogP) is 3.54. The molecule has 0 saturated carbocycles. The van der Waals surface area contributed by atoms with Gasteiger partial charge in [-0.3, -0.25) is 4.79 Å². The Labute approximate surface area is 139 Å². The molecule has 0 spiro atoms. The second-order valence-electron chi connectivity index (χ2n) is 5.10. The number of carbonyl (C=O) groups is 2. The van der Waals surface area contributed by atoms with Crippen LogP contribution in [0, 0.1) is 5.92 Å². The Morgan fingerprint density at radius 2 is 1.23 bits per heavy atom. The molecule has 14 heteroatoms. The highest BCUT2D eigenvalue weighted by molar-refractivity contribution is 5.79. The zero-order valence-electron chi connectivity index (χ0n) is 13.0. The number of carbonyl (C=O) groups excluding carboxylic acids is 2. The van der Waals surface area contributed by atoms with Crippen LogP contribution in [0.15, 0.2) is 0 Å². The minimum atomic E-state index is -7.29. The van der Waals surface area contributed by atoms with Gasteiger partial charge in [-0.25, -0.2) is 13.6 Å². The van der Waals surface area contributed by atoms with Crippen LogP contribution < -0.4 is 0 Å². The molecule has 0 N–H and O–H groups in total. The maximum atomic E-state index is 13.2. The quantitative estimate of drug-likeness (QED) is 0.332. The minimum Gasteiger partial charge on any atom is -0.462 e. The molecule has 0 unspecified atom stereocenters. The van der Waals surface area contributed by atoms with Gasteiger partial charge in [-0.05, 0) is 0 Å². The summed E-state index contributed by atoms with van der Waals surface area (Å²) < 4.78 is 135. The van der Waals surface area contributed by atoms with Gasteiger partial charge in [0.05, 0.1) is 5.92 Å². The van der Waals surface area contributed by atoms with E-state index in [-0.39, 0.29) is 0 Å². The van der Waals surface area contributed by atoms with Gasteiger partial charge < -0.3 is 9.47 Å². The summed E-state index contributed by atoms with van der Waals surface area (Å²) in [7, 11) is 0. The van der Waals surface area contributed by atoms with Gasteiger partial charge in [-0.2, -0.15) is 35.1 Å². The lowest BCUT2D eigenvalue weighted by molar-refractivity contribution is -0.378. The van der Waals surface area contributed by atoms with Gasteiger partial charge in [0.15, 0.2) is 0 Å². The summed E-state index contributed by atoms with van der Waals surface area (Å²) in [6.07, 6.45) is -5.43. The van der Waals surface area contributed by atoms with Crippen LogP contribution in [0.4, 0.5) is 43.9 Å². The first kappa shape index (κ1) is 24.2. The number of alkyl halides is 10. The van der Waals surface area contributed by atoms with Crippen LogP contribution in [0.5, 0.6) is 0 Å². The summed E-state index contributed by atoms with van der Waals surface area (Å²) >= 11 is 0. The number of hydrogen-bond acceptors (Lipinski definition) is 4. The maximum absolute atomic E-state index is 13.2. The van der Waals surface area contributed by atoms with Crippen molar-refractivity contribution < 1.29 is 63.0 Å². The Hall–Kier alpha value is -1.76. The Balaban J connectivity index is 5.21. The molecular weight excluding hydrogens is 398 g/mol. The average molecular weight is 410 g/mol. The minimum absolute atomic E-state index is 0.702. The van der Waals surface area contributed by atoms with E-state index in [9.17, 15) is 53.5 Å². The van der Waals surface area contributed by atoms with Gasteiger partial charge >= 0.3 is 42.1 Å². The Morgan fingerprint density at radius 3 is 1.62 bits per heavy atom. The fraction of sp³-hybridized carbons (Fsp3) is 0.833. The highest BCUT2D eigenvalue weighted by Crippen LogP contribution is 2.54. The molecule has 26 heavy (non-hydrogen) atoms. The largest absolute Gasteiger partial charge is 0.462 e. The highest BCUT2D eigenvalue weighted by atomic mass is 19.4. The second kappa shape index (κ2) is 7.86. The van der Waals surface area contributed by atoms with Gasteiger partial charge in [0.1, 0.15) is 13.2 Å². The van der Waals surface area contributed by atoms with Crippen LogP contribution in [-0.2, 0) is 19.1 Å². The van der Waals surface area contributed by atoms with Crippen molar-refractivity contribution in [2.75, 3.05) is 13.2 Å². The summed E-state index contributed by atoms with van der Waals surface area (Å²) in [5.41, 5.74) is 0. The highest BCUT2D eigenvalue weighted by Gasteiger charge is 2.85. The Kier molecular flexibility index (Phi) is 7.33. The zero-order chi connectivity index (χ0) is 21.1. The third kappa shape index (κ3) is 4.31. The molecular formula is C12H12F10O4. The van der Waals surface area contributed by atoms with Crippen molar-refractivity contribution in [3.63, 3.8) is 0 Å². The van der Waals surface area contributed by atoms with Gasteiger partial charge in [0, 0.05) is 0 Å². The van der Waals surface area contributed by atoms with Gasteiger partial charge in [0.25, 0.3) is 0 Å². The molecule has 0 atom stereocenters. The normalized spacial score (nSPS) is 13.9. The predicted molar refractivity (Wildman–Crippen MR) is 62.5 cm³/mol. The molecule has 0 fully saturated rings. The second-order valence-corrected chi connectivity index (χ2v) is 5.10. The Morgan fingerprint density at radius 1 is 0.808 bits per heavy atom. The van der Waals surface area contributed by atoms with E-state index < -0.39 is 61.2 Å². The van der Waals surface area contributed by atoms with Crippen molar-refractivity contribution in [3.05, 3.63) is 0 Å². The first-order valence-corrected chi connectivity index (χ1v) is 6.57. The van der Waals surface area contributed by atoms with E-state index in [0.29, 0.717) is 0 Å². The van der Waals surface area contributed by atoms with Crippen molar-refractivity contribution in [3.8, 4) is 0 Å². The summed E-state index contributed by atoms with van der Waals surface area (Å²) in [6.45, 7) is 0.441. The van der Waals surface area contributed by atoms with E-state index in [1.54, 1.807) is 0 Å². The van der Waals surface area contributed by atoms with Crippen molar-refractivity contribution in [1.82, 2.24) is 0 Å². The third-order valence-corrected chi connectivity index (χ3v) is 2.77. The lowest BCUT2D eigenvalue weighted by Crippen LogP contribution is -2.66. The van der Waals surface area contributed by atoms with Gasteiger partial charge in [-0.15, -0.1) is 0 Å². The fourth-order valence-corrected chi connectivity index (χ4v) is 1.21. The molecule has 0 saturated heterocycles. The first-order chi connectivity index (χ1) is 11.4. The van der Waals surface area contributed by atoms with Crippen LogP contribution in [0.25, 0.3) is 0 Å². The van der Waals surface area contributed by atoms with E-state index in [0.717, 1.165) is 0 Å². The molecule has 0 aliphatic rings. The molecule has 0 aliphatic heterocycles. The van der Waals surface area contributed by atoms with E-state index in [1.807, 2.05) is 0 Å². The van der Waals surface area contributed by atoms with Crippen molar-refractivity contribution in [1.29, 1.82) is 0 Å². The monoisotopic (exact) mass is 410 g/mol. The first-order valence-electron chi connectivity index (χ1n) is 6.57. The molecule has 0 bridgehead atoms. The molecule has 0 aromatic heterocycles. The summed E-state index contributed by atoms with van der Waals surface area (Å²) in [5.74, 6) is -33.0. The topological polar surface area (TPSA) is 52.6 Å². The molecule has 4 nitrogen and oxygen atoms in total. The van der Waals surface area contributed by atoms with E-state index in [4.69, 9.17) is 0 Å². The van der Waals surface area contributed by atoms with E-state index >= 15 is 0 Å². The summed E-state index contributed by atoms with van der Waals surface area (Å²) in [6, 6.07) is 0. The molecule has 0 aromatic rings. The van der Waals surface area contributed by atoms with Crippen LogP contribution >= 0.6 is 0 Å². The van der Waals surface area contributed by atoms with Crippen molar-refractivity contribution in [2.24, 2.45) is 5.92 Å². The number of ether oxygens (including phenoxy) is 2. The summed E-state index contributed by atoms with van der Waals surface area (Å²) in [5, 5.41) is 0. The lowest BCUT2D eigenvalue weighted by Gasteiger charge is -2.35. The summed E-state index contributed by atoms with van der Waals surface area (Å²) in [4.78, 5) is 21.8. The van der Waals surface area contributed by atoms with E-state index in [2.05, 4.69) is 9.47 Å². The molecule has 0 radical (unpaired) electrons. The van der Waals surface area contributed by atoms with Crippen LogP contribution in [0.3, 0.4) is 0 Å². The zero-order valence-corrected chi connectivity index (χ0v) is 13.0. The van der Waals surface area contributed by atoms with Crippen LogP contribution in [-0.4, -0.2) is 55.3 Å². The number of halogens is 10. The molecule has 0 rings (SSSR count). The van der Waals surface area contributed by atoms with Gasteiger partial charge in [-0.1, -0.05) is 13.8 Å².